The van der Waals surface area contributed by atoms with Crippen molar-refractivity contribution < 1.29 is 0 Å². The molecule has 2 aliphatic carbocycles. The van der Waals surface area contributed by atoms with Gasteiger partial charge >= 0.3 is 0 Å². The number of nitrogens with two attached hydrogens (primary N) is 1. The van der Waals surface area contributed by atoms with Gasteiger partial charge < -0.3 is 0 Å². The van der Waals surface area contributed by atoms with E-state index in [2.05, 4.69) is 29.7 Å². The van der Waals surface area contributed by atoms with Gasteiger partial charge in [-0.05, 0) is 49.1 Å². The monoisotopic (exact) mass is 244 g/mol. The number of benzene rings is 1. The lowest BCUT2D eigenvalue weighted by atomic mass is 9.77. The van der Waals surface area contributed by atoms with Gasteiger partial charge in [0, 0.05) is 12.0 Å². The quantitative estimate of drug-likeness (QED) is 0.617. The lowest BCUT2D eigenvalue weighted by Crippen LogP contribution is -2.41. The van der Waals surface area contributed by atoms with Crippen LogP contribution in [0, 0.1) is 5.92 Å². The maximum absolute atomic E-state index is 5.82. The Kier molecular flexibility index (Phi) is 3.67. The minimum atomic E-state index is 0.465. The van der Waals surface area contributed by atoms with E-state index >= 15 is 0 Å². The Hall–Kier alpha value is -0.860. The maximum atomic E-state index is 5.82. The van der Waals surface area contributed by atoms with Crippen molar-refractivity contribution in [1.82, 2.24) is 5.43 Å². The Morgan fingerprint density at radius 1 is 1.22 bits per heavy atom. The molecule has 1 saturated carbocycles. The van der Waals surface area contributed by atoms with Crippen molar-refractivity contribution in [1.29, 1.82) is 0 Å². The first kappa shape index (κ1) is 12.2. The van der Waals surface area contributed by atoms with Gasteiger partial charge in [-0.1, -0.05) is 37.1 Å². The van der Waals surface area contributed by atoms with Crippen LogP contribution in [0.2, 0.25) is 0 Å². The summed E-state index contributed by atoms with van der Waals surface area (Å²) in [6.07, 6.45) is 9.32. The highest BCUT2D eigenvalue weighted by Gasteiger charge is 2.29. The first-order valence-electron chi connectivity index (χ1n) is 7.42. The van der Waals surface area contributed by atoms with Gasteiger partial charge in [0.25, 0.3) is 0 Å². The third kappa shape index (κ3) is 2.60. The summed E-state index contributed by atoms with van der Waals surface area (Å²) in [6.45, 7) is 0. The van der Waals surface area contributed by atoms with E-state index in [0.29, 0.717) is 12.0 Å². The highest BCUT2D eigenvalue weighted by molar-refractivity contribution is 5.33. The molecule has 1 fully saturated rings. The first-order chi connectivity index (χ1) is 8.88. The molecule has 18 heavy (non-hydrogen) atoms. The summed E-state index contributed by atoms with van der Waals surface area (Å²) in [6, 6.07) is 9.39. The molecule has 0 bridgehead atoms. The van der Waals surface area contributed by atoms with Gasteiger partial charge in [0.15, 0.2) is 0 Å². The standard InChI is InChI=1S/C16H24N2/c17-18-16(11-10-12-8-9-12)15-7-3-5-13-4-1-2-6-14(13)15/h1-2,4,6,12,15-16,18H,3,5,7-11,17H2. The summed E-state index contributed by atoms with van der Waals surface area (Å²) in [4.78, 5) is 0. The highest BCUT2D eigenvalue weighted by Crippen LogP contribution is 2.38. The zero-order valence-electron chi connectivity index (χ0n) is 11.1. The van der Waals surface area contributed by atoms with Crippen molar-refractivity contribution >= 4 is 0 Å². The average molecular weight is 244 g/mol. The zero-order valence-corrected chi connectivity index (χ0v) is 11.1. The van der Waals surface area contributed by atoms with Crippen LogP contribution in [0.1, 0.15) is 55.6 Å². The summed E-state index contributed by atoms with van der Waals surface area (Å²) in [5.41, 5.74) is 6.18. The van der Waals surface area contributed by atoms with Crippen LogP contribution in [0.4, 0.5) is 0 Å². The molecule has 2 nitrogen and oxygen atoms in total. The Labute approximate surface area is 110 Å². The second-order valence-corrected chi connectivity index (χ2v) is 5.99. The van der Waals surface area contributed by atoms with E-state index in [0.717, 1.165) is 5.92 Å². The molecular formula is C16H24N2. The zero-order chi connectivity index (χ0) is 12.4. The van der Waals surface area contributed by atoms with Crippen molar-refractivity contribution in [3.05, 3.63) is 35.4 Å². The number of fused-ring (bicyclic) bond motifs is 1. The second-order valence-electron chi connectivity index (χ2n) is 5.99. The SMILES string of the molecule is NNC(CCC1CC1)C1CCCc2ccccc21. The van der Waals surface area contributed by atoms with E-state index in [1.165, 1.54) is 44.9 Å². The molecule has 0 radical (unpaired) electrons. The highest BCUT2D eigenvalue weighted by atomic mass is 15.2. The van der Waals surface area contributed by atoms with E-state index in [-0.39, 0.29) is 0 Å². The number of hydrogen-bond acceptors (Lipinski definition) is 2. The molecule has 0 saturated heterocycles. The molecule has 0 heterocycles. The summed E-state index contributed by atoms with van der Waals surface area (Å²) in [5.74, 6) is 7.44. The van der Waals surface area contributed by atoms with Crippen LogP contribution in [0.15, 0.2) is 24.3 Å². The average Bonchev–Trinajstić information content (AvgIpc) is 3.24. The molecular weight excluding hydrogens is 220 g/mol. The van der Waals surface area contributed by atoms with E-state index < -0.39 is 0 Å². The smallest absolute Gasteiger partial charge is 0.0279 e. The fourth-order valence-electron chi connectivity index (χ4n) is 3.43. The van der Waals surface area contributed by atoms with E-state index in [1.54, 1.807) is 11.1 Å². The molecule has 0 aromatic heterocycles. The van der Waals surface area contributed by atoms with Crippen LogP contribution in [0.25, 0.3) is 0 Å². The summed E-state index contributed by atoms with van der Waals surface area (Å²) in [5, 5.41) is 0. The predicted octanol–water partition coefficient (Wildman–Crippen LogP) is 3.13. The van der Waals surface area contributed by atoms with Crippen LogP contribution in [-0.4, -0.2) is 6.04 Å². The molecule has 1 aromatic rings. The topological polar surface area (TPSA) is 38.0 Å². The predicted molar refractivity (Wildman–Crippen MR) is 75.2 cm³/mol. The fourth-order valence-corrected chi connectivity index (χ4v) is 3.43. The minimum absolute atomic E-state index is 0.465. The van der Waals surface area contributed by atoms with Crippen LogP contribution in [-0.2, 0) is 6.42 Å². The van der Waals surface area contributed by atoms with Crippen molar-refractivity contribution in [2.45, 2.75) is 56.9 Å². The van der Waals surface area contributed by atoms with Crippen molar-refractivity contribution in [3.63, 3.8) is 0 Å². The van der Waals surface area contributed by atoms with Crippen LogP contribution >= 0.6 is 0 Å². The normalized spacial score (nSPS) is 24.6. The second kappa shape index (κ2) is 5.41. The van der Waals surface area contributed by atoms with Gasteiger partial charge in [-0.2, -0.15) is 0 Å². The molecule has 2 heteroatoms. The molecule has 1 aromatic carbocycles. The Bertz CT molecular complexity index is 398. The third-order valence-corrected chi connectivity index (χ3v) is 4.70. The lowest BCUT2D eigenvalue weighted by molar-refractivity contribution is 0.365. The maximum Gasteiger partial charge on any atom is 0.0279 e. The summed E-state index contributed by atoms with van der Waals surface area (Å²) < 4.78 is 0. The summed E-state index contributed by atoms with van der Waals surface area (Å²) in [7, 11) is 0. The molecule has 3 N–H and O–H groups in total. The molecule has 2 unspecified atom stereocenters. The van der Waals surface area contributed by atoms with Gasteiger partial charge in [0.05, 0.1) is 0 Å². The molecule has 98 valence electrons. The van der Waals surface area contributed by atoms with Gasteiger partial charge in [-0.15, -0.1) is 0 Å². The Morgan fingerprint density at radius 3 is 2.83 bits per heavy atom. The fraction of sp³-hybridized carbons (Fsp3) is 0.625. The van der Waals surface area contributed by atoms with Crippen LogP contribution in [0.5, 0.6) is 0 Å². The molecule has 0 aliphatic heterocycles. The van der Waals surface area contributed by atoms with Gasteiger partial charge in [-0.25, -0.2) is 0 Å². The number of rotatable bonds is 5. The van der Waals surface area contributed by atoms with Crippen molar-refractivity contribution in [3.8, 4) is 0 Å². The van der Waals surface area contributed by atoms with E-state index in [1.807, 2.05) is 0 Å². The number of hydrogen-bond donors (Lipinski definition) is 2. The number of aryl methyl sites for hydroxylation is 1. The van der Waals surface area contributed by atoms with Gasteiger partial charge in [0.2, 0.25) is 0 Å². The van der Waals surface area contributed by atoms with Crippen LogP contribution < -0.4 is 11.3 Å². The molecule has 0 spiro atoms. The van der Waals surface area contributed by atoms with Crippen molar-refractivity contribution in [2.24, 2.45) is 11.8 Å². The first-order valence-corrected chi connectivity index (χ1v) is 7.42. The Balaban J connectivity index is 1.73. The van der Waals surface area contributed by atoms with Crippen molar-refractivity contribution in [2.75, 3.05) is 0 Å². The van der Waals surface area contributed by atoms with Gasteiger partial charge in [0.1, 0.15) is 0 Å². The van der Waals surface area contributed by atoms with Crippen LogP contribution in [0.3, 0.4) is 0 Å². The molecule has 2 aliphatic rings. The lowest BCUT2D eigenvalue weighted by Gasteiger charge is -2.32. The van der Waals surface area contributed by atoms with E-state index in [4.69, 9.17) is 5.84 Å². The molecule has 2 atom stereocenters. The third-order valence-electron chi connectivity index (χ3n) is 4.70. The number of nitrogens with one attached hydrogen (secondary N) is 1. The Morgan fingerprint density at radius 2 is 2.06 bits per heavy atom. The molecule has 3 rings (SSSR count). The van der Waals surface area contributed by atoms with Gasteiger partial charge in [-0.3, -0.25) is 11.3 Å². The van der Waals surface area contributed by atoms with E-state index in [9.17, 15) is 0 Å². The number of hydrazine groups is 1. The summed E-state index contributed by atoms with van der Waals surface area (Å²) >= 11 is 0. The molecule has 0 amide bonds. The largest absolute Gasteiger partial charge is 0.271 e. The minimum Gasteiger partial charge on any atom is -0.271 e.